The van der Waals surface area contributed by atoms with Gasteiger partial charge < -0.3 is 15.4 Å². The molecule has 0 unspecified atom stereocenters. The number of carbonyl (C=O) groups is 3. The molecule has 0 aromatic carbocycles. The molecule has 0 rings (SSSR count). The Morgan fingerprint density at radius 1 is 1.47 bits per heavy atom. The summed E-state index contributed by atoms with van der Waals surface area (Å²) >= 11 is 0. The molecule has 0 aliphatic carbocycles. The van der Waals surface area contributed by atoms with Crippen LogP contribution in [0.4, 0.5) is 0 Å². The molecule has 0 spiro atoms. The van der Waals surface area contributed by atoms with E-state index in [2.05, 4.69) is 4.84 Å². The third-order valence-electron chi connectivity index (χ3n) is 1.45. The van der Waals surface area contributed by atoms with E-state index in [1.165, 1.54) is 5.48 Å². The van der Waals surface area contributed by atoms with Crippen molar-refractivity contribution in [3.8, 4) is 0 Å². The Bertz CT molecular complexity index is 391. The molecule has 4 N–H and O–H groups in total. The molecule has 98 valence electrons. The van der Waals surface area contributed by atoms with Gasteiger partial charge in [0.25, 0.3) is 16.0 Å². The van der Waals surface area contributed by atoms with E-state index in [0.717, 1.165) is 0 Å². The Labute approximate surface area is 97.0 Å². The summed E-state index contributed by atoms with van der Waals surface area (Å²) in [6.45, 7) is 0. The predicted octanol–water partition coefficient (Wildman–Crippen LogP) is -2.24. The van der Waals surface area contributed by atoms with Crippen molar-refractivity contribution in [2.24, 2.45) is 5.73 Å². The zero-order chi connectivity index (χ0) is 13.5. The fraction of sp³-hybridized carbons (Fsp3) is 0.571. The minimum absolute atomic E-state index is 0.0382. The van der Waals surface area contributed by atoms with Crippen molar-refractivity contribution in [2.45, 2.75) is 18.9 Å². The second-order valence-electron chi connectivity index (χ2n) is 3.06. The first-order valence-electron chi connectivity index (χ1n) is 4.39. The number of hydrogen-bond donors (Lipinski definition) is 3. The van der Waals surface area contributed by atoms with Crippen LogP contribution in [0.15, 0.2) is 0 Å². The molecule has 1 atom stereocenters. The topological polar surface area (TPSA) is 153 Å². The van der Waals surface area contributed by atoms with Crippen molar-refractivity contribution < 1.29 is 32.2 Å². The molecule has 17 heavy (non-hydrogen) atoms. The molecule has 1 amide bonds. The minimum atomic E-state index is -4.47. The molecule has 0 fully saturated rings. The van der Waals surface area contributed by atoms with Gasteiger partial charge in [-0.1, -0.05) is 0 Å². The van der Waals surface area contributed by atoms with Gasteiger partial charge in [0.15, 0.2) is 5.75 Å². The molecule has 0 bridgehead atoms. The van der Waals surface area contributed by atoms with Gasteiger partial charge in [0.1, 0.15) is 6.29 Å². The normalized spacial score (nSPS) is 12.6. The van der Waals surface area contributed by atoms with Gasteiger partial charge in [-0.25, -0.2) is 4.79 Å². The monoisotopic (exact) mass is 268 g/mol. The lowest BCUT2D eigenvalue weighted by atomic mass is 10.2. The van der Waals surface area contributed by atoms with E-state index >= 15 is 0 Å². The van der Waals surface area contributed by atoms with Gasteiger partial charge in [-0.3, -0.25) is 9.35 Å². The number of carbonyl (C=O) groups excluding carboxylic acids is 3. The Morgan fingerprint density at radius 3 is 2.53 bits per heavy atom. The zero-order valence-corrected chi connectivity index (χ0v) is 9.47. The average molecular weight is 268 g/mol. The summed E-state index contributed by atoms with van der Waals surface area (Å²) in [5, 5.41) is 0. The highest BCUT2D eigenvalue weighted by Gasteiger charge is 2.14. The highest BCUT2D eigenvalue weighted by Crippen LogP contribution is 1.94. The Morgan fingerprint density at radius 2 is 2.06 bits per heavy atom. The summed E-state index contributed by atoms with van der Waals surface area (Å²) in [5.41, 5.74) is 6.71. The maximum absolute atomic E-state index is 10.9. The summed E-state index contributed by atoms with van der Waals surface area (Å²) in [6, 6.07) is -0.809. The van der Waals surface area contributed by atoms with E-state index in [4.69, 9.17) is 10.3 Å². The van der Waals surface area contributed by atoms with Crippen molar-refractivity contribution in [3.63, 3.8) is 0 Å². The molecule has 0 heterocycles. The Balaban J connectivity index is 3.85. The molecule has 9 nitrogen and oxygen atoms in total. The van der Waals surface area contributed by atoms with E-state index in [9.17, 15) is 22.8 Å². The molecule has 0 saturated heterocycles. The fourth-order valence-corrected chi connectivity index (χ4v) is 1.10. The molecule has 0 aliphatic rings. The predicted molar refractivity (Wildman–Crippen MR) is 53.9 cm³/mol. The average Bonchev–Trinajstić information content (AvgIpc) is 2.20. The van der Waals surface area contributed by atoms with E-state index in [-0.39, 0.29) is 12.8 Å². The van der Waals surface area contributed by atoms with Crippen LogP contribution in [0.5, 0.6) is 0 Å². The molecule has 0 radical (unpaired) electrons. The summed E-state index contributed by atoms with van der Waals surface area (Å²) in [7, 11) is -4.47. The van der Waals surface area contributed by atoms with Crippen LogP contribution < -0.4 is 11.2 Å². The number of rotatable bonds is 6. The van der Waals surface area contributed by atoms with Crippen LogP contribution in [0.3, 0.4) is 0 Å². The molecule has 0 aromatic heterocycles. The summed E-state index contributed by atoms with van der Waals surface area (Å²) < 4.78 is 28.8. The zero-order valence-electron chi connectivity index (χ0n) is 8.66. The van der Waals surface area contributed by atoms with Gasteiger partial charge in [-0.2, -0.15) is 13.9 Å². The van der Waals surface area contributed by atoms with Crippen LogP contribution in [0.2, 0.25) is 0 Å². The van der Waals surface area contributed by atoms with Gasteiger partial charge in [-0.15, -0.1) is 0 Å². The molecular formula is C7H12N2O7S. The minimum Gasteiger partial charge on any atom is -0.341 e. The van der Waals surface area contributed by atoms with Gasteiger partial charge >= 0.3 is 5.97 Å². The highest BCUT2D eigenvalue weighted by atomic mass is 32.2. The van der Waals surface area contributed by atoms with Crippen LogP contribution in [-0.2, 0) is 29.3 Å². The number of amides is 1. The molecule has 0 saturated carbocycles. The van der Waals surface area contributed by atoms with E-state index in [0.29, 0.717) is 6.29 Å². The summed E-state index contributed by atoms with van der Waals surface area (Å²) in [5.74, 6) is -3.29. The molecule has 0 aliphatic heterocycles. The smallest absolute Gasteiger partial charge is 0.332 e. The van der Waals surface area contributed by atoms with Crippen LogP contribution >= 0.6 is 0 Å². The second-order valence-corrected chi connectivity index (χ2v) is 4.52. The van der Waals surface area contributed by atoms with Crippen molar-refractivity contribution >= 4 is 28.3 Å². The summed E-state index contributed by atoms with van der Waals surface area (Å²) in [4.78, 5) is 35.9. The first-order valence-corrected chi connectivity index (χ1v) is 6.00. The van der Waals surface area contributed by atoms with Gasteiger partial charge in [0, 0.05) is 6.42 Å². The number of hydrogen-bond acceptors (Lipinski definition) is 7. The van der Waals surface area contributed by atoms with E-state index < -0.39 is 33.8 Å². The third kappa shape index (κ3) is 9.41. The van der Waals surface area contributed by atoms with Crippen LogP contribution in [0.1, 0.15) is 12.8 Å². The van der Waals surface area contributed by atoms with Crippen LogP contribution in [0, 0.1) is 0 Å². The van der Waals surface area contributed by atoms with Gasteiger partial charge in [0.05, 0.1) is 6.04 Å². The van der Waals surface area contributed by atoms with Crippen molar-refractivity contribution in [1.29, 1.82) is 0 Å². The number of nitrogens with one attached hydrogen (secondary N) is 1. The third-order valence-corrected chi connectivity index (χ3v) is 2.08. The first-order chi connectivity index (χ1) is 7.74. The maximum atomic E-state index is 10.9. The van der Waals surface area contributed by atoms with Crippen LogP contribution in [-0.4, -0.2) is 42.9 Å². The van der Waals surface area contributed by atoms with Gasteiger partial charge in [-0.05, 0) is 6.42 Å². The van der Waals surface area contributed by atoms with Crippen LogP contribution in [0.25, 0.3) is 0 Å². The number of hydroxylamine groups is 1. The SMILES string of the molecule is N[C@H](C=O)CCC(=O)ONC(=O)CS(=O)(=O)O. The quantitative estimate of drug-likeness (QED) is 0.277. The largest absolute Gasteiger partial charge is 0.341 e. The maximum Gasteiger partial charge on any atom is 0.332 e. The number of nitrogens with two attached hydrogens (primary N) is 1. The Hall–Kier alpha value is -1.52. The highest BCUT2D eigenvalue weighted by molar-refractivity contribution is 7.86. The van der Waals surface area contributed by atoms with Gasteiger partial charge in [0.2, 0.25) is 0 Å². The lowest BCUT2D eigenvalue weighted by Gasteiger charge is -2.05. The molecule has 0 aromatic rings. The first kappa shape index (κ1) is 15.5. The van der Waals surface area contributed by atoms with E-state index in [1.54, 1.807) is 0 Å². The molecular weight excluding hydrogens is 256 g/mol. The number of aldehydes is 1. The van der Waals surface area contributed by atoms with Crippen molar-refractivity contribution in [1.82, 2.24) is 5.48 Å². The van der Waals surface area contributed by atoms with Crippen molar-refractivity contribution in [3.05, 3.63) is 0 Å². The lowest BCUT2D eigenvalue weighted by molar-refractivity contribution is -0.157. The standard InChI is InChI=1S/C7H12N2O7S/c8-5(3-10)1-2-7(12)16-9-6(11)4-17(13,14)15/h3,5H,1-2,4,8H2,(H,9,11)(H,13,14,15)/t5-/m0/s1. The fourth-order valence-electron chi connectivity index (χ4n) is 0.713. The van der Waals surface area contributed by atoms with Crippen molar-refractivity contribution in [2.75, 3.05) is 5.75 Å². The summed E-state index contributed by atoms with van der Waals surface area (Å²) in [6.07, 6.45) is 0.271. The second kappa shape index (κ2) is 6.93. The van der Waals surface area contributed by atoms with E-state index in [1.807, 2.05) is 0 Å². The lowest BCUT2D eigenvalue weighted by Crippen LogP contribution is -2.32. The Kier molecular flexibility index (Phi) is 6.31. The molecule has 10 heteroatoms.